The second-order valence-corrected chi connectivity index (χ2v) is 12.7. The topological polar surface area (TPSA) is 81.2 Å². The predicted octanol–water partition coefficient (Wildman–Crippen LogP) is 8.25. The normalized spacial score (nSPS) is 16.6. The molecule has 0 aliphatic carbocycles. The highest BCUT2D eigenvalue weighted by Gasteiger charge is 2.46. The van der Waals surface area contributed by atoms with Crippen molar-refractivity contribution >= 4 is 40.8 Å². The summed E-state index contributed by atoms with van der Waals surface area (Å²) >= 11 is 6.33. The molecule has 0 radical (unpaired) electrons. The van der Waals surface area contributed by atoms with Gasteiger partial charge in [0, 0.05) is 5.02 Å². The zero-order valence-corrected chi connectivity index (χ0v) is 26.4. The number of aromatic nitrogens is 1. The summed E-state index contributed by atoms with van der Waals surface area (Å²) in [5.41, 5.74) is 1.04. The highest BCUT2D eigenvalue weighted by atomic mass is 35.5. The Morgan fingerprint density at radius 3 is 2.50 bits per heavy atom. The number of amides is 2. The summed E-state index contributed by atoms with van der Waals surface area (Å²) in [6.45, 7) is 13.6. The first-order valence-corrected chi connectivity index (χ1v) is 14.5. The Morgan fingerprint density at radius 2 is 1.88 bits per heavy atom. The number of aryl methyl sites for hydroxylation is 1. The van der Waals surface area contributed by atoms with Gasteiger partial charge in [-0.25, -0.2) is 4.79 Å². The van der Waals surface area contributed by atoms with Gasteiger partial charge in [-0.15, -0.1) is 0 Å². The zero-order valence-electron chi connectivity index (χ0n) is 25.7. The minimum atomic E-state index is -1.17. The number of rotatable bonds is 8. The lowest BCUT2D eigenvalue weighted by atomic mass is 9.92. The number of pyridine rings is 1. The Hall–Kier alpha value is -3.78. The van der Waals surface area contributed by atoms with Gasteiger partial charge in [0.2, 0.25) is 5.88 Å². The number of benzene rings is 2. The van der Waals surface area contributed by atoms with Crippen LogP contribution in [0.1, 0.15) is 65.5 Å². The number of fused-ring (bicyclic) bond motifs is 1. The van der Waals surface area contributed by atoms with Gasteiger partial charge in [0.05, 0.1) is 19.3 Å². The number of halogens is 1. The second-order valence-electron chi connectivity index (χ2n) is 12.2. The van der Waals surface area contributed by atoms with Crippen LogP contribution < -0.4 is 19.3 Å². The molecule has 3 aromatic rings. The van der Waals surface area contributed by atoms with Gasteiger partial charge in [0.1, 0.15) is 22.9 Å². The third-order valence-corrected chi connectivity index (χ3v) is 7.31. The van der Waals surface area contributed by atoms with Crippen LogP contribution >= 0.6 is 11.6 Å². The fourth-order valence-electron chi connectivity index (χ4n) is 4.71. The highest BCUT2D eigenvalue weighted by Crippen LogP contribution is 2.44. The van der Waals surface area contributed by atoms with E-state index in [9.17, 15) is 9.59 Å². The van der Waals surface area contributed by atoms with Crippen molar-refractivity contribution in [2.24, 2.45) is 5.92 Å². The molecule has 9 heteroatoms. The molecule has 4 rings (SSSR count). The van der Waals surface area contributed by atoms with Crippen LogP contribution in [0.4, 0.5) is 22.0 Å². The number of methoxy groups -OCH3 is 1. The van der Waals surface area contributed by atoms with Crippen LogP contribution in [0.2, 0.25) is 5.02 Å². The summed E-state index contributed by atoms with van der Waals surface area (Å²) < 4.78 is 17.6. The van der Waals surface area contributed by atoms with Gasteiger partial charge in [-0.2, -0.15) is 4.98 Å². The lowest BCUT2D eigenvalue weighted by Gasteiger charge is -2.40. The van der Waals surface area contributed by atoms with E-state index in [4.69, 9.17) is 30.8 Å². The summed E-state index contributed by atoms with van der Waals surface area (Å²) in [4.78, 5) is 35.5. The van der Waals surface area contributed by atoms with E-state index in [-0.39, 0.29) is 18.3 Å². The Balaban J connectivity index is 1.82. The summed E-state index contributed by atoms with van der Waals surface area (Å²) in [7, 11) is 1.62. The Morgan fingerprint density at radius 1 is 1.14 bits per heavy atom. The average molecular weight is 594 g/mol. The van der Waals surface area contributed by atoms with E-state index in [0.29, 0.717) is 34.6 Å². The lowest BCUT2D eigenvalue weighted by molar-refractivity contribution is -0.134. The molecule has 0 N–H and O–H groups in total. The Labute approximate surface area is 253 Å². The van der Waals surface area contributed by atoms with E-state index in [1.54, 1.807) is 49.3 Å². The molecular formula is C33H40ClN3O5. The number of nitrogens with zero attached hydrogens (tertiary/aromatic N) is 3. The van der Waals surface area contributed by atoms with Crippen LogP contribution in [0.15, 0.2) is 54.6 Å². The molecule has 0 fully saturated rings. The van der Waals surface area contributed by atoms with Gasteiger partial charge in [0.25, 0.3) is 5.91 Å². The summed E-state index contributed by atoms with van der Waals surface area (Å²) in [6.07, 6.45) is 0.722. The summed E-state index contributed by atoms with van der Waals surface area (Å²) in [5.74, 6) is 1.48. The molecule has 0 spiro atoms. The van der Waals surface area contributed by atoms with Gasteiger partial charge < -0.3 is 14.2 Å². The number of anilines is 3. The maximum absolute atomic E-state index is 14.0. The molecule has 2 heterocycles. The molecule has 1 unspecified atom stereocenters. The van der Waals surface area contributed by atoms with Crippen molar-refractivity contribution < 1.29 is 23.8 Å². The fraction of sp³-hybridized carbons (Fsp3) is 0.424. The molecule has 1 atom stereocenters. The van der Waals surface area contributed by atoms with Gasteiger partial charge in [0.15, 0.2) is 5.60 Å². The molecule has 224 valence electrons. The molecule has 2 aromatic carbocycles. The number of ether oxygens (including phenoxy) is 3. The first kappa shape index (κ1) is 31.2. The third-order valence-electron chi connectivity index (χ3n) is 7.08. The van der Waals surface area contributed by atoms with E-state index in [2.05, 4.69) is 13.8 Å². The standard InChI is InChI=1S/C33H40ClN3O5/c1-21(2)16-17-33(7)30(38)37(25-11-9-10-24(34)19-25)27-14-15-28(35-29(27)41-33)36(31(39)42-32(4,5)6)20-23-12-13-26(40-8)18-22(23)3/h9-15,18-19,21H,16-17,20H2,1-8H3. The third kappa shape index (κ3) is 6.98. The number of hydrogen-bond acceptors (Lipinski definition) is 6. The van der Waals surface area contributed by atoms with E-state index < -0.39 is 17.3 Å². The minimum absolute atomic E-state index is 0.203. The van der Waals surface area contributed by atoms with Gasteiger partial charge >= 0.3 is 6.09 Å². The Kier molecular flexibility index (Phi) is 9.06. The van der Waals surface area contributed by atoms with Crippen molar-refractivity contribution in [1.29, 1.82) is 0 Å². The molecule has 1 aliphatic rings. The molecule has 0 bridgehead atoms. The summed E-state index contributed by atoms with van der Waals surface area (Å²) in [6, 6.07) is 16.3. The molecule has 2 amide bonds. The SMILES string of the molecule is COc1ccc(CN(C(=O)OC(C)(C)C)c2ccc3c(n2)OC(C)(CCC(C)C)C(=O)N3c2cccc(Cl)c2)c(C)c1. The van der Waals surface area contributed by atoms with Crippen molar-refractivity contribution in [1.82, 2.24) is 4.98 Å². The zero-order chi connectivity index (χ0) is 30.8. The van der Waals surface area contributed by atoms with Crippen LogP contribution in [0.25, 0.3) is 0 Å². The van der Waals surface area contributed by atoms with Crippen LogP contribution in [0.3, 0.4) is 0 Å². The minimum Gasteiger partial charge on any atom is -0.497 e. The first-order chi connectivity index (χ1) is 19.7. The van der Waals surface area contributed by atoms with Crippen molar-refractivity contribution in [2.45, 2.75) is 79.1 Å². The Bertz CT molecular complexity index is 1470. The van der Waals surface area contributed by atoms with Gasteiger partial charge in [-0.1, -0.05) is 37.6 Å². The van der Waals surface area contributed by atoms with Crippen LogP contribution in [0, 0.1) is 12.8 Å². The van der Waals surface area contributed by atoms with E-state index >= 15 is 0 Å². The van der Waals surface area contributed by atoms with E-state index in [1.807, 2.05) is 52.0 Å². The first-order valence-electron chi connectivity index (χ1n) is 14.1. The van der Waals surface area contributed by atoms with Crippen LogP contribution in [0.5, 0.6) is 11.6 Å². The fourth-order valence-corrected chi connectivity index (χ4v) is 4.90. The molecule has 8 nitrogen and oxygen atoms in total. The van der Waals surface area contributed by atoms with Crippen LogP contribution in [-0.4, -0.2) is 35.3 Å². The maximum Gasteiger partial charge on any atom is 0.416 e. The quantitative estimate of drug-likeness (QED) is 0.261. The molecule has 0 saturated carbocycles. The maximum atomic E-state index is 14.0. The molecular weight excluding hydrogens is 554 g/mol. The average Bonchev–Trinajstić information content (AvgIpc) is 2.90. The highest BCUT2D eigenvalue weighted by molar-refractivity contribution is 6.31. The lowest BCUT2D eigenvalue weighted by Crippen LogP contribution is -2.53. The van der Waals surface area contributed by atoms with Gasteiger partial charge in [-0.3, -0.25) is 14.6 Å². The molecule has 0 saturated heterocycles. The molecule has 42 heavy (non-hydrogen) atoms. The number of carbonyl (C=O) groups excluding carboxylic acids is 2. The van der Waals surface area contributed by atoms with E-state index in [1.165, 1.54) is 4.90 Å². The monoisotopic (exact) mass is 593 g/mol. The van der Waals surface area contributed by atoms with Gasteiger partial charge in [-0.05, 0) is 107 Å². The molecule has 1 aromatic heterocycles. The van der Waals surface area contributed by atoms with Crippen molar-refractivity contribution in [2.75, 3.05) is 16.9 Å². The number of carbonyl (C=O) groups is 2. The van der Waals surface area contributed by atoms with Crippen LogP contribution in [-0.2, 0) is 16.1 Å². The van der Waals surface area contributed by atoms with Crippen molar-refractivity contribution in [3.63, 3.8) is 0 Å². The number of hydrogen-bond donors (Lipinski definition) is 0. The molecule has 1 aliphatic heterocycles. The second kappa shape index (κ2) is 12.2. The smallest absolute Gasteiger partial charge is 0.416 e. The predicted molar refractivity (Wildman–Crippen MR) is 166 cm³/mol. The van der Waals surface area contributed by atoms with E-state index in [0.717, 1.165) is 23.3 Å². The van der Waals surface area contributed by atoms with Crippen molar-refractivity contribution in [3.05, 3.63) is 70.7 Å². The largest absolute Gasteiger partial charge is 0.497 e. The van der Waals surface area contributed by atoms with Crippen molar-refractivity contribution in [3.8, 4) is 11.6 Å². The summed E-state index contributed by atoms with van der Waals surface area (Å²) in [5, 5.41) is 0.507.